The second-order valence-electron chi connectivity index (χ2n) is 6.59. The van der Waals surface area contributed by atoms with Gasteiger partial charge in [-0.1, -0.05) is 6.92 Å². The zero-order valence-corrected chi connectivity index (χ0v) is 11.3. The molecule has 0 amide bonds. The second kappa shape index (κ2) is 4.85. The molecular weight excluding hydrogens is 218 g/mol. The SMILES string of the molecule is CCC1(F)CCC(C2CCC(C)(F)CC2)CC1. The molecule has 0 spiro atoms. The molecule has 0 unspecified atom stereocenters. The zero-order valence-electron chi connectivity index (χ0n) is 11.3. The standard InChI is InChI=1S/C15H26F2/c1-3-15(17)10-6-13(7-11-15)12-4-8-14(2,16)9-5-12/h12-13H,3-11H2,1-2H3. The molecular formula is C15H26F2. The molecule has 2 saturated carbocycles. The number of hydrogen-bond donors (Lipinski definition) is 0. The highest BCUT2D eigenvalue weighted by Gasteiger charge is 2.39. The minimum absolute atomic E-state index is 0.660. The molecule has 2 aliphatic carbocycles. The van der Waals surface area contributed by atoms with Crippen molar-refractivity contribution in [2.45, 2.75) is 83.0 Å². The van der Waals surface area contributed by atoms with Gasteiger partial charge in [0.25, 0.3) is 0 Å². The Bertz CT molecular complexity index is 242. The maximum Gasteiger partial charge on any atom is 0.110 e. The van der Waals surface area contributed by atoms with Gasteiger partial charge >= 0.3 is 0 Å². The number of alkyl halides is 2. The van der Waals surface area contributed by atoms with E-state index in [2.05, 4.69) is 0 Å². The lowest BCUT2D eigenvalue weighted by Gasteiger charge is -2.40. The molecule has 0 radical (unpaired) electrons. The van der Waals surface area contributed by atoms with E-state index in [4.69, 9.17) is 0 Å². The topological polar surface area (TPSA) is 0 Å². The summed E-state index contributed by atoms with van der Waals surface area (Å²) in [6.07, 6.45) is 7.63. The highest BCUT2D eigenvalue weighted by molar-refractivity contribution is 4.90. The summed E-state index contributed by atoms with van der Waals surface area (Å²) in [6.45, 7) is 3.68. The molecule has 0 atom stereocenters. The Morgan fingerprint density at radius 3 is 1.71 bits per heavy atom. The first-order valence-electron chi connectivity index (χ1n) is 7.32. The largest absolute Gasteiger partial charge is 0.244 e. The fourth-order valence-electron chi connectivity index (χ4n) is 3.70. The van der Waals surface area contributed by atoms with Crippen LogP contribution in [0.3, 0.4) is 0 Å². The molecule has 0 nitrogen and oxygen atoms in total. The second-order valence-corrected chi connectivity index (χ2v) is 6.59. The van der Waals surface area contributed by atoms with Crippen molar-refractivity contribution in [2.24, 2.45) is 11.8 Å². The molecule has 0 aromatic rings. The summed E-state index contributed by atoms with van der Waals surface area (Å²) >= 11 is 0. The Kier molecular flexibility index (Phi) is 3.80. The van der Waals surface area contributed by atoms with Crippen LogP contribution in [-0.2, 0) is 0 Å². The third kappa shape index (κ3) is 3.20. The van der Waals surface area contributed by atoms with Crippen LogP contribution in [0.15, 0.2) is 0 Å². The quantitative estimate of drug-likeness (QED) is 0.625. The first-order chi connectivity index (χ1) is 7.94. The van der Waals surface area contributed by atoms with Crippen LogP contribution >= 0.6 is 0 Å². The number of halogens is 2. The van der Waals surface area contributed by atoms with Crippen molar-refractivity contribution in [1.82, 2.24) is 0 Å². The van der Waals surface area contributed by atoms with E-state index in [-0.39, 0.29) is 0 Å². The van der Waals surface area contributed by atoms with Gasteiger partial charge in [-0.25, -0.2) is 8.78 Å². The van der Waals surface area contributed by atoms with Crippen molar-refractivity contribution in [3.8, 4) is 0 Å². The molecule has 0 heterocycles. The summed E-state index contributed by atoms with van der Waals surface area (Å²) in [5.74, 6) is 1.33. The summed E-state index contributed by atoms with van der Waals surface area (Å²) in [5.41, 5.74) is -1.82. The molecule has 100 valence electrons. The summed E-state index contributed by atoms with van der Waals surface area (Å²) < 4.78 is 27.8. The molecule has 2 rings (SSSR count). The van der Waals surface area contributed by atoms with Crippen LogP contribution < -0.4 is 0 Å². The van der Waals surface area contributed by atoms with Gasteiger partial charge in [-0.3, -0.25) is 0 Å². The van der Waals surface area contributed by atoms with Crippen LogP contribution in [0.1, 0.15) is 71.6 Å². The molecule has 2 fully saturated rings. The van der Waals surface area contributed by atoms with E-state index < -0.39 is 11.3 Å². The molecule has 0 aromatic heterocycles. The van der Waals surface area contributed by atoms with Crippen LogP contribution in [0.2, 0.25) is 0 Å². The van der Waals surface area contributed by atoms with Crippen molar-refractivity contribution >= 4 is 0 Å². The Morgan fingerprint density at radius 2 is 1.29 bits per heavy atom. The van der Waals surface area contributed by atoms with Gasteiger partial charge in [0.15, 0.2) is 0 Å². The van der Waals surface area contributed by atoms with Crippen molar-refractivity contribution in [3.63, 3.8) is 0 Å². The first kappa shape index (κ1) is 13.3. The van der Waals surface area contributed by atoms with E-state index in [1.54, 1.807) is 6.92 Å². The van der Waals surface area contributed by atoms with E-state index in [0.717, 1.165) is 38.5 Å². The molecule has 0 saturated heterocycles. The Labute approximate surface area is 104 Å². The minimum atomic E-state index is -0.932. The van der Waals surface area contributed by atoms with Gasteiger partial charge in [0.05, 0.1) is 0 Å². The zero-order chi connectivity index (χ0) is 12.5. The van der Waals surface area contributed by atoms with Gasteiger partial charge in [0.1, 0.15) is 11.3 Å². The molecule has 17 heavy (non-hydrogen) atoms. The monoisotopic (exact) mass is 244 g/mol. The lowest BCUT2D eigenvalue weighted by Crippen LogP contribution is -2.35. The average molecular weight is 244 g/mol. The van der Waals surface area contributed by atoms with Crippen LogP contribution in [0.25, 0.3) is 0 Å². The molecule has 0 N–H and O–H groups in total. The van der Waals surface area contributed by atoms with E-state index in [0.29, 0.717) is 31.1 Å². The summed E-state index contributed by atoms with van der Waals surface area (Å²) in [4.78, 5) is 0. The van der Waals surface area contributed by atoms with Crippen molar-refractivity contribution in [2.75, 3.05) is 0 Å². The third-order valence-corrected chi connectivity index (χ3v) is 5.30. The molecule has 0 aromatic carbocycles. The lowest BCUT2D eigenvalue weighted by molar-refractivity contribution is 0.0328. The summed E-state index contributed by atoms with van der Waals surface area (Å²) in [7, 11) is 0. The van der Waals surface area contributed by atoms with Crippen LogP contribution in [0, 0.1) is 11.8 Å². The highest BCUT2D eigenvalue weighted by Crippen LogP contribution is 2.45. The summed E-state index contributed by atoms with van der Waals surface area (Å²) in [6, 6.07) is 0. The fourth-order valence-corrected chi connectivity index (χ4v) is 3.70. The highest BCUT2D eigenvalue weighted by atomic mass is 19.1. The Hall–Kier alpha value is -0.140. The van der Waals surface area contributed by atoms with Crippen LogP contribution in [0.4, 0.5) is 8.78 Å². The predicted octanol–water partition coefficient (Wildman–Crippen LogP) is 5.21. The Morgan fingerprint density at radius 1 is 0.882 bits per heavy atom. The van der Waals surface area contributed by atoms with E-state index >= 15 is 0 Å². The van der Waals surface area contributed by atoms with Gasteiger partial charge in [-0.05, 0) is 76.5 Å². The Balaban J connectivity index is 1.82. The molecule has 0 bridgehead atoms. The molecule has 0 aliphatic heterocycles. The maximum atomic E-state index is 14.1. The van der Waals surface area contributed by atoms with Crippen LogP contribution in [0.5, 0.6) is 0 Å². The van der Waals surface area contributed by atoms with E-state index in [1.807, 2.05) is 6.92 Å². The number of rotatable bonds is 2. The van der Waals surface area contributed by atoms with Gasteiger partial charge in [-0.15, -0.1) is 0 Å². The maximum absolute atomic E-state index is 14.1. The normalized spacial score (nSPS) is 48.0. The van der Waals surface area contributed by atoms with Crippen molar-refractivity contribution < 1.29 is 8.78 Å². The third-order valence-electron chi connectivity index (χ3n) is 5.30. The van der Waals surface area contributed by atoms with Crippen molar-refractivity contribution in [1.29, 1.82) is 0 Å². The van der Waals surface area contributed by atoms with Gasteiger partial charge in [0.2, 0.25) is 0 Å². The molecule has 2 aliphatic rings. The average Bonchev–Trinajstić information content (AvgIpc) is 2.31. The smallest absolute Gasteiger partial charge is 0.110 e. The van der Waals surface area contributed by atoms with Gasteiger partial charge in [0, 0.05) is 0 Å². The van der Waals surface area contributed by atoms with Gasteiger partial charge in [-0.2, -0.15) is 0 Å². The molecule has 2 heteroatoms. The lowest BCUT2D eigenvalue weighted by atomic mass is 9.68. The fraction of sp³-hybridized carbons (Fsp3) is 1.00. The van der Waals surface area contributed by atoms with E-state index in [1.165, 1.54) is 0 Å². The van der Waals surface area contributed by atoms with Crippen LogP contribution in [-0.4, -0.2) is 11.3 Å². The first-order valence-corrected chi connectivity index (χ1v) is 7.32. The van der Waals surface area contributed by atoms with Crippen molar-refractivity contribution in [3.05, 3.63) is 0 Å². The van der Waals surface area contributed by atoms with Gasteiger partial charge < -0.3 is 0 Å². The van der Waals surface area contributed by atoms with E-state index in [9.17, 15) is 8.78 Å². The predicted molar refractivity (Wildman–Crippen MR) is 67.6 cm³/mol. The number of hydrogen-bond acceptors (Lipinski definition) is 0. The minimum Gasteiger partial charge on any atom is -0.244 e. The summed E-state index contributed by atoms with van der Waals surface area (Å²) in [5, 5.41) is 0.